The molecule has 0 aliphatic heterocycles. The van der Waals surface area contributed by atoms with Crippen LogP contribution in [-0.2, 0) is 16.6 Å². The molecule has 1 aromatic carbocycles. The minimum absolute atomic E-state index is 0.0436. The Hall–Kier alpha value is -1.44. The predicted octanol–water partition coefficient (Wildman–Crippen LogP) is 2.82. The van der Waals surface area contributed by atoms with Gasteiger partial charge < -0.3 is 5.73 Å². The summed E-state index contributed by atoms with van der Waals surface area (Å²) < 4.78 is 40.8. The van der Waals surface area contributed by atoms with Crippen LogP contribution in [0.15, 0.2) is 39.9 Å². The fraction of sp³-hybridized carbons (Fsp3) is 0.286. The van der Waals surface area contributed by atoms with E-state index in [2.05, 4.69) is 0 Å². The second kappa shape index (κ2) is 5.40. The monoisotopic (exact) mass is 326 g/mol. The van der Waals surface area contributed by atoms with Crippen LogP contribution in [0.3, 0.4) is 0 Å². The van der Waals surface area contributed by atoms with Gasteiger partial charge in [0.15, 0.2) is 0 Å². The average molecular weight is 326 g/mol. The highest BCUT2D eigenvalue weighted by Crippen LogP contribution is 2.35. The van der Waals surface area contributed by atoms with Crippen LogP contribution in [0.25, 0.3) is 0 Å². The van der Waals surface area contributed by atoms with Gasteiger partial charge in [-0.05, 0) is 25.0 Å². The van der Waals surface area contributed by atoms with Gasteiger partial charge in [-0.1, -0.05) is 18.2 Å². The van der Waals surface area contributed by atoms with Crippen molar-refractivity contribution in [1.82, 2.24) is 4.31 Å². The molecule has 1 aliphatic rings. The molecule has 1 aromatic heterocycles. The first-order chi connectivity index (χ1) is 9.98. The molecule has 3 rings (SSSR count). The van der Waals surface area contributed by atoms with Crippen LogP contribution < -0.4 is 5.73 Å². The Kier molecular flexibility index (Phi) is 3.73. The summed E-state index contributed by atoms with van der Waals surface area (Å²) in [6, 6.07) is 7.67. The molecule has 0 bridgehead atoms. The SMILES string of the molecule is Nc1csc(S(=O)(=O)N(Cc2ccccc2F)C2CC2)c1. The molecule has 0 unspecified atom stereocenters. The fourth-order valence-electron chi connectivity index (χ4n) is 2.15. The van der Waals surface area contributed by atoms with E-state index in [1.165, 1.54) is 16.4 Å². The van der Waals surface area contributed by atoms with Crippen LogP contribution in [0.1, 0.15) is 18.4 Å². The summed E-state index contributed by atoms with van der Waals surface area (Å²) >= 11 is 1.10. The standard InChI is InChI=1S/C14H15FN2O2S2/c15-13-4-2-1-3-10(13)8-17(12-5-6-12)21(18,19)14-7-11(16)9-20-14/h1-4,7,9,12H,5-6,8,16H2. The predicted molar refractivity (Wildman–Crippen MR) is 80.9 cm³/mol. The van der Waals surface area contributed by atoms with Gasteiger partial charge in [0.1, 0.15) is 10.0 Å². The largest absolute Gasteiger partial charge is 0.398 e. The minimum atomic E-state index is -3.63. The lowest BCUT2D eigenvalue weighted by atomic mass is 10.2. The maximum Gasteiger partial charge on any atom is 0.253 e. The third kappa shape index (κ3) is 2.95. The van der Waals surface area contributed by atoms with Crippen molar-refractivity contribution >= 4 is 27.0 Å². The minimum Gasteiger partial charge on any atom is -0.398 e. The number of nitrogens with zero attached hydrogens (tertiary/aromatic N) is 1. The van der Waals surface area contributed by atoms with Crippen molar-refractivity contribution < 1.29 is 12.8 Å². The molecule has 0 radical (unpaired) electrons. The van der Waals surface area contributed by atoms with Crippen LogP contribution in [-0.4, -0.2) is 18.8 Å². The number of hydrogen-bond acceptors (Lipinski definition) is 4. The Labute approximate surface area is 127 Å². The summed E-state index contributed by atoms with van der Waals surface area (Å²) in [6.45, 7) is 0.0531. The molecule has 2 N–H and O–H groups in total. The molecule has 0 amide bonds. The van der Waals surface area contributed by atoms with Gasteiger partial charge in [0.25, 0.3) is 10.0 Å². The lowest BCUT2D eigenvalue weighted by molar-refractivity contribution is 0.392. The quantitative estimate of drug-likeness (QED) is 0.919. The Morgan fingerprint density at radius 2 is 2.05 bits per heavy atom. The van der Waals surface area contributed by atoms with Gasteiger partial charge in [0.05, 0.1) is 0 Å². The Bertz CT molecular complexity index is 754. The highest BCUT2D eigenvalue weighted by molar-refractivity contribution is 7.91. The Morgan fingerprint density at radius 1 is 1.33 bits per heavy atom. The number of nitrogens with two attached hydrogens (primary N) is 1. The van der Waals surface area contributed by atoms with Crippen molar-refractivity contribution in [1.29, 1.82) is 0 Å². The lowest BCUT2D eigenvalue weighted by Crippen LogP contribution is -2.32. The van der Waals surface area contributed by atoms with Crippen molar-refractivity contribution in [3.05, 3.63) is 47.1 Å². The first-order valence-corrected chi connectivity index (χ1v) is 8.90. The number of nitrogen functional groups attached to an aromatic ring is 1. The lowest BCUT2D eigenvalue weighted by Gasteiger charge is -2.21. The molecule has 0 spiro atoms. The highest BCUT2D eigenvalue weighted by Gasteiger charge is 2.39. The van der Waals surface area contributed by atoms with Crippen LogP contribution in [0, 0.1) is 5.82 Å². The number of halogens is 1. The summed E-state index contributed by atoms with van der Waals surface area (Å²) in [5, 5.41) is 1.60. The number of rotatable bonds is 5. The molecule has 1 fully saturated rings. The summed E-state index contributed by atoms with van der Waals surface area (Å²) in [7, 11) is -3.63. The van der Waals surface area contributed by atoms with E-state index >= 15 is 0 Å². The second-order valence-corrected chi connectivity index (χ2v) is 8.10. The molecule has 112 valence electrons. The van der Waals surface area contributed by atoms with Gasteiger partial charge in [-0.25, -0.2) is 12.8 Å². The van der Waals surface area contributed by atoms with E-state index in [-0.39, 0.29) is 22.6 Å². The molecule has 21 heavy (non-hydrogen) atoms. The van der Waals surface area contributed by atoms with Crippen molar-refractivity contribution in [3.8, 4) is 0 Å². The number of hydrogen-bond donors (Lipinski definition) is 1. The second-order valence-electron chi connectivity index (χ2n) is 5.07. The molecule has 0 atom stereocenters. The van der Waals surface area contributed by atoms with Gasteiger partial charge in [-0.2, -0.15) is 4.31 Å². The maximum absolute atomic E-state index is 13.8. The molecule has 0 saturated heterocycles. The van der Waals surface area contributed by atoms with E-state index in [0.29, 0.717) is 11.3 Å². The summed E-state index contributed by atoms with van der Waals surface area (Å²) in [6.07, 6.45) is 1.63. The third-order valence-electron chi connectivity index (χ3n) is 3.40. The van der Waals surface area contributed by atoms with Crippen LogP contribution >= 0.6 is 11.3 Å². The van der Waals surface area contributed by atoms with E-state index in [1.54, 1.807) is 23.6 Å². The zero-order valence-corrected chi connectivity index (χ0v) is 12.8. The summed E-state index contributed by atoms with van der Waals surface area (Å²) in [4.78, 5) is 0. The van der Waals surface area contributed by atoms with Gasteiger partial charge in [-0.3, -0.25) is 0 Å². The van der Waals surface area contributed by atoms with Gasteiger partial charge in [0, 0.05) is 29.2 Å². The van der Waals surface area contributed by atoms with E-state index in [4.69, 9.17) is 5.73 Å². The van der Waals surface area contributed by atoms with Crippen LogP contribution in [0.2, 0.25) is 0 Å². The van der Waals surface area contributed by atoms with Crippen molar-refractivity contribution in [2.45, 2.75) is 29.6 Å². The molecule has 1 aliphatic carbocycles. The first kappa shape index (κ1) is 14.5. The normalized spacial score (nSPS) is 15.5. The zero-order chi connectivity index (χ0) is 15.0. The Balaban J connectivity index is 1.94. The number of benzene rings is 1. The number of thiophene rings is 1. The van der Waals surface area contributed by atoms with E-state index in [9.17, 15) is 12.8 Å². The Morgan fingerprint density at radius 3 is 2.62 bits per heavy atom. The molecule has 2 aromatic rings. The van der Waals surface area contributed by atoms with Gasteiger partial charge >= 0.3 is 0 Å². The summed E-state index contributed by atoms with van der Waals surface area (Å²) in [5.41, 5.74) is 6.43. The highest BCUT2D eigenvalue weighted by atomic mass is 32.2. The molecular weight excluding hydrogens is 311 g/mol. The smallest absolute Gasteiger partial charge is 0.253 e. The molecule has 1 saturated carbocycles. The van der Waals surface area contributed by atoms with Gasteiger partial charge in [0.2, 0.25) is 0 Å². The van der Waals surface area contributed by atoms with Crippen LogP contribution in [0.4, 0.5) is 10.1 Å². The third-order valence-corrected chi connectivity index (χ3v) is 6.73. The van der Waals surface area contributed by atoms with Crippen LogP contribution in [0.5, 0.6) is 0 Å². The number of anilines is 1. The average Bonchev–Trinajstić information content (AvgIpc) is 3.18. The molecule has 1 heterocycles. The van der Waals surface area contributed by atoms with Gasteiger partial charge in [-0.15, -0.1) is 11.3 Å². The zero-order valence-electron chi connectivity index (χ0n) is 11.2. The van der Waals surface area contributed by atoms with E-state index in [0.717, 1.165) is 24.2 Å². The molecule has 7 heteroatoms. The number of sulfonamides is 1. The molecular formula is C14H15FN2O2S2. The molecule has 4 nitrogen and oxygen atoms in total. The fourth-order valence-corrected chi connectivity index (χ4v) is 5.02. The topological polar surface area (TPSA) is 63.4 Å². The van der Waals surface area contributed by atoms with Crippen molar-refractivity contribution in [2.24, 2.45) is 0 Å². The first-order valence-electron chi connectivity index (χ1n) is 6.58. The summed E-state index contributed by atoms with van der Waals surface area (Å²) in [5.74, 6) is -0.385. The van der Waals surface area contributed by atoms with E-state index < -0.39 is 10.0 Å². The van der Waals surface area contributed by atoms with E-state index in [1.807, 2.05) is 0 Å². The van der Waals surface area contributed by atoms with Crippen molar-refractivity contribution in [3.63, 3.8) is 0 Å². The maximum atomic E-state index is 13.8. The van der Waals surface area contributed by atoms with Crippen molar-refractivity contribution in [2.75, 3.05) is 5.73 Å².